The van der Waals surface area contributed by atoms with E-state index in [0.29, 0.717) is 24.3 Å². The smallest absolute Gasteiger partial charge is 0.422 e. The van der Waals surface area contributed by atoms with Crippen molar-refractivity contribution in [2.75, 3.05) is 26.3 Å². The van der Waals surface area contributed by atoms with Gasteiger partial charge in [-0.05, 0) is 43.2 Å². The van der Waals surface area contributed by atoms with E-state index in [1.165, 1.54) is 6.07 Å². The molecule has 1 aromatic heterocycles. The lowest BCUT2D eigenvalue weighted by Crippen LogP contribution is -2.43. The molecule has 10 heteroatoms. The minimum absolute atomic E-state index is 0.132. The third-order valence-electron chi connectivity index (χ3n) is 4.74. The Kier molecular flexibility index (Phi) is 7.30. The van der Waals surface area contributed by atoms with E-state index in [1.54, 1.807) is 29.2 Å². The van der Waals surface area contributed by atoms with E-state index in [-0.39, 0.29) is 30.9 Å². The van der Waals surface area contributed by atoms with Gasteiger partial charge < -0.3 is 24.1 Å². The standard InChI is InChI=1S/C22H21F3N2O5/c1-2-12-30-17-7-5-15(6-8-17)21(29)27-11-3-4-16(27)13-26-20(28)18-9-10-19(32-18)31-14-22(23,24)25/h1,5-10,16H,3-4,11-14H2,(H,26,28)/t16-/m1/s1. The number of likely N-dealkylation sites (tertiary alicyclic amines) is 1. The van der Waals surface area contributed by atoms with Gasteiger partial charge in [0.2, 0.25) is 0 Å². The largest absolute Gasteiger partial charge is 0.481 e. The van der Waals surface area contributed by atoms with E-state index < -0.39 is 24.6 Å². The van der Waals surface area contributed by atoms with Crippen molar-refractivity contribution in [3.05, 3.63) is 47.7 Å². The first-order valence-corrected chi connectivity index (χ1v) is 9.81. The number of carbonyl (C=O) groups is 2. The number of benzene rings is 1. The van der Waals surface area contributed by atoms with E-state index in [0.717, 1.165) is 12.5 Å². The van der Waals surface area contributed by atoms with Crippen LogP contribution in [0.5, 0.6) is 11.7 Å². The zero-order valence-corrected chi connectivity index (χ0v) is 17.0. The number of hydrogen-bond donors (Lipinski definition) is 1. The van der Waals surface area contributed by atoms with Gasteiger partial charge in [-0.3, -0.25) is 9.59 Å². The Morgan fingerprint density at radius 2 is 1.94 bits per heavy atom. The summed E-state index contributed by atoms with van der Waals surface area (Å²) in [7, 11) is 0. The first-order chi connectivity index (χ1) is 15.3. The zero-order chi connectivity index (χ0) is 23.1. The molecule has 0 radical (unpaired) electrons. The first kappa shape index (κ1) is 23.1. The monoisotopic (exact) mass is 450 g/mol. The van der Waals surface area contributed by atoms with Crippen molar-refractivity contribution in [3.63, 3.8) is 0 Å². The summed E-state index contributed by atoms with van der Waals surface area (Å²) in [6.45, 7) is -0.664. The molecular formula is C22H21F3N2O5. The van der Waals surface area contributed by atoms with E-state index in [1.807, 2.05) is 0 Å². The number of alkyl halides is 3. The van der Waals surface area contributed by atoms with Gasteiger partial charge >= 0.3 is 6.18 Å². The molecule has 2 amide bonds. The molecule has 0 saturated carbocycles. The summed E-state index contributed by atoms with van der Waals surface area (Å²) < 4.78 is 51.4. The first-order valence-electron chi connectivity index (χ1n) is 9.81. The molecule has 3 rings (SSSR count). The minimum Gasteiger partial charge on any atom is -0.481 e. The lowest BCUT2D eigenvalue weighted by atomic mass is 10.1. The van der Waals surface area contributed by atoms with Gasteiger partial charge in [0, 0.05) is 30.8 Å². The number of amides is 2. The van der Waals surface area contributed by atoms with Gasteiger partial charge in [-0.2, -0.15) is 13.2 Å². The molecule has 0 spiro atoms. The number of halogens is 3. The van der Waals surface area contributed by atoms with E-state index >= 15 is 0 Å². The van der Waals surface area contributed by atoms with Crippen molar-refractivity contribution >= 4 is 11.8 Å². The molecule has 1 saturated heterocycles. The van der Waals surface area contributed by atoms with Crippen molar-refractivity contribution in [2.45, 2.75) is 25.1 Å². The fourth-order valence-corrected chi connectivity index (χ4v) is 3.27. The summed E-state index contributed by atoms with van der Waals surface area (Å²) in [6.07, 6.45) is 2.13. The van der Waals surface area contributed by atoms with Gasteiger partial charge in [-0.1, -0.05) is 5.92 Å². The summed E-state index contributed by atoms with van der Waals surface area (Å²) in [5.41, 5.74) is 0.480. The van der Waals surface area contributed by atoms with Crippen LogP contribution in [0.4, 0.5) is 13.2 Å². The molecule has 1 aliphatic rings. The molecular weight excluding hydrogens is 429 g/mol. The van der Waals surface area contributed by atoms with Gasteiger partial charge in [0.25, 0.3) is 17.8 Å². The molecule has 7 nitrogen and oxygen atoms in total. The number of carbonyl (C=O) groups excluding carboxylic acids is 2. The van der Waals surface area contributed by atoms with Crippen molar-refractivity contribution < 1.29 is 36.7 Å². The number of hydrogen-bond acceptors (Lipinski definition) is 5. The average Bonchev–Trinajstić information content (AvgIpc) is 3.43. The van der Waals surface area contributed by atoms with Crippen LogP contribution in [0.25, 0.3) is 0 Å². The second-order valence-corrected chi connectivity index (χ2v) is 7.04. The highest BCUT2D eigenvalue weighted by atomic mass is 19.4. The molecule has 2 heterocycles. The number of nitrogens with one attached hydrogen (secondary N) is 1. The molecule has 1 aromatic carbocycles. The van der Waals surface area contributed by atoms with Crippen LogP contribution in [0.3, 0.4) is 0 Å². The van der Waals surface area contributed by atoms with Crippen molar-refractivity contribution in [3.8, 4) is 24.0 Å². The molecule has 32 heavy (non-hydrogen) atoms. The highest BCUT2D eigenvalue weighted by Gasteiger charge is 2.31. The molecule has 1 aliphatic heterocycles. The zero-order valence-electron chi connectivity index (χ0n) is 17.0. The van der Waals surface area contributed by atoms with Crippen LogP contribution in [0.15, 0.2) is 40.8 Å². The van der Waals surface area contributed by atoms with Crippen LogP contribution < -0.4 is 14.8 Å². The Morgan fingerprint density at radius 1 is 1.19 bits per heavy atom. The van der Waals surface area contributed by atoms with Gasteiger partial charge in [0.1, 0.15) is 12.4 Å². The molecule has 1 atom stereocenters. The predicted molar refractivity (Wildman–Crippen MR) is 107 cm³/mol. The topological polar surface area (TPSA) is 81.0 Å². The number of furan rings is 1. The third kappa shape index (κ3) is 6.20. The van der Waals surface area contributed by atoms with Crippen molar-refractivity contribution in [1.29, 1.82) is 0 Å². The quantitative estimate of drug-likeness (QED) is 0.625. The van der Waals surface area contributed by atoms with Crippen molar-refractivity contribution in [2.24, 2.45) is 0 Å². The average molecular weight is 450 g/mol. The SMILES string of the molecule is C#CCOc1ccc(C(=O)N2CCC[C@@H]2CNC(=O)c2ccc(OCC(F)(F)F)o2)cc1. The fraction of sp³-hybridized carbons (Fsp3) is 0.364. The molecule has 2 aromatic rings. The Bertz CT molecular complexity index is 979. The molecule has 0 unspecified atom stereocenters. The van der Waals surface area contributed by atoms with Gasteiger partial charge in [0.15, 0.2) is 12.4 Å². The molecule has 1 fully saturated rings. The second kappa shape index (κ2) is 10.1. The maximum absolute atomic E-state index is 12.9. The van der Waals surface area contributed by atoms with Crippen molar-refractivity contribution in [1.82, 2.24) is 10.2 Å². The van der Waals surface area contributed by atoms with E-state index in [4.69, 9.17) is 15.6 Å². The normalized spacial score (nSPS) is 15.8. The van der Waals surface area contributed by atoms with E-state index in [9.17, 15) is 22.8 Å². The molecule has 0 bridgehead atoms. The maximum atomic E-state index is 12.9. The van der Waals surface area contributed by atoms with Gasteiger partial charge in [-0.25, -0.2) is 0 Å². The lowest BCUT2D eigenvalue weighted by Gasteiger charge is -2.25. The summed E-state index contributed by atoms with van der Waals surface area (Å²) >= 11 is 0. The fourth-order valence-electron chi connectivity index (χ4n) is 3.27. The van der Waals surface area contributed by atoms with Gasteiger partial charge in [-0.15, -0.1) is 6.42 Å². The molecule has 170 valence electrons. The van der Waals surface area contributed by atoms with Crippen LogP contribution in [-0.4, -0.2) is 55.2 Å². The maximum Gasteiger partial charge on any atom is 0.422 e. The Hall–Kier alpha value is -3.61. The number of nitrogens with zero attached hydrogens (tertiary/aromatic N) is 1. The lowest BCUT2D eigenvalue weighted by molar-refractivity contribution is -0.156. The minimum atomic E-state index is -4.51. The Labute approximate surface area is 182 Å². The van der Waals surface area contributed by atoms with Crippen LogP contribution in [0.1, 0.15) is 33.8 Å². The van der Waals surface area contributed by atoms with Crippen LogP contribution in [0.2, 0.25) is 0 Å². The predicted octanol–water partition coefficient (Wildman–Crippen LogP) is 3.27. The van der Waals surface area contributed by atoms with Gasteiger partial charge in [0.05, 0.1) is 0 Å². The number of terminal acetylenes is 1. The summed E-state index contributed by atoms with van der Waals surface area (Å²) in [5, 5.41) is 2.65. The van der Waals surface area contributed by atoms with Crippen LogP contribution in [0, 0.1) is 12.3 Å². The second-order valence-electron chi connectivity index (χ2n) is 7.04. The third-order valence-corrected chi connectivity index (χ3v) is 4.74. The van der Waals surface area contributed by atoms with Crippen LogP contribution >= 0.6 is 0 Å². The number of rotatable bonds is 8. The Morgan fingerprint density at radius 3 is 2.62 bits per heavy atom. The number of ether oxygens (including phenoxy) is 2. The van der Waals surface area contributed by atoms with E-state index in [2.05, 4.69) is 16.0 Å². The summed E-state index contributed by atoms with van der Waals surface area (Å²) in [5.74, 6) is 1.55. The summed E-state index contributed by atoms with van der Waals surface area (Å²) in [4.78, 5) is 26.8. The molecule has 0 aliphatic carbocycles. The Balaban J connectivity index is 1.53. The summed E-state index contributed by atoms with van der Waals surface area (Å²) in [6, 6.07) is 8.76. The van der Waals surface area contributed by atoms with Crippen LogP contribution in [-0.2, 0) is 0 Å². The molecule has 1 N–H and O–H groups in total. The highest BCUT2D eigenvalue weighted by molar-refractivity contribution is 5.95. The highest BCUT2D eigenvalue weighted by Crippen LogP contribution is 2.23.